The second-order valence-corrected chi connectivity index (χ2v) is 5.59. The van der Waals surface area contributed by atoms with Gasteiger partial charge in [-0.2, -0.15) is 0 Å². The Kier molecular flexibility index (Phi) is 5.24. The topological polar surface area (TPSA) is 58.2 Å². The molecule has 0 aromatic rings. The van der Waals surface area contributed by atoms with Gasteiger partial charge in [0.15, 0.2) is 5.11 Å². The normalized spacial score (nSPS) is 13.5. The van der Waals surface area contributed by atoms with E-state index >= 15 is 0 Å². The third-order valence-corrected chi connectivity index (χ3v) is 2.64. The summed E-state index contributed by atoms with van der Waals surface area (Å²) in [5.41, 5.74) is 0. The second kappa shape index (κ2) is 5.39. The van der Waals surface area contributed by atoms with Crippen molar-refractivity contribution >= 4 is 27.2 Å². The van der Waals surface area contributed by atoms with Crippen LogP contribution in [0, 0.1) is 0 Å². The summed E-state index contributed by atoms with van der Waals surface area (Å²) >= 11 is 4.90. The van der Waals surface area contributed by atoms with Gasteiger partial charge in [0.25, 0.3) is 0 Å². The Hall–Kier alpha value is -0.360. The van der Waals surface area contributed by atoms with E-state index in [1.807, 2.05) is 6.92 Å². The molecule has 0 spiro atoms. The summed E-state index contributed by atoms with van der Waals surface area (Å²) in [4.78, 5) is 0. The van der Waals surface area contributed by atoms with Gasteiger partial charge in [0.1, 0.15) is 9.84 Å². The lowest BCUT2D eigenvalue weighted by atomic mass is 10.4. The van der Waals surface area contributed by atoms with Crippen molar-refractivity contribution in [1.82, 2.24) is 10.6 Å². The van der Waals surface area contributed by atoms with Gasteiger partial charge in [-0.15, -0.1) is 0 Å². The predicted molar refractivity (Wildman–Crippen MR) is 58.6 cm³/mol. The van der Waals surface area contributed by atoms with Crippen LogP contribution in [0.3, 0.4) is 0 Å². The zero-order chi connectivity index (χ0) is 10.5. The fraction of sp³-hybridized carbons (Fsp3) is 0.857. The third kappa shape index (κ3) is 7.98. The van der Waals surface area contributed by atoms with E-state index < -0.39 is 9.84 Å². The zero-order valence-corrected chi connectivity index (χ0v) is 9.76. The Morgan fingerprint density at radius 2 is 2.08 bits per heavy atom. The van der Waals surface area contributed by atoms with E-state index in [9.17, 15) is 8.42 Å². The van der Waals surface area contributed by atoms with E-state index in [0.29, 0.717) is 5.11 Å². The molecule has 2 N–H and O–H groups in total. The minimum absolute atomic E-state index is 0.0958. The molecular formula is C7H16N2O2S2. The first-order valence-corrected chi connectivity index (χ1v) is 6.54. The van der Waals surface area contributed by atoms with E-state index in [2.05, 4.69) is 10.6 Å². The molecule has 1 atom stereocenters. The maximum Gasteiger partial charge on any atom is 0.166 e. The number of nitrogens with one attached hydrogen (secondary N) is 2. The highest BCUT2D eigenvalue weighted by Crippen LogP contribution is 1.89. The molecule has 6 heteroatoms. The molecule has 0 rings (SSSR count). The molecule has 0 radical (unpaired) electrons. The maximum atomic E-state index is 10.9. The van der Waals surface area contributed by atoms with Crippen LogP contribution in [-0.4, -0.2) is 38.1 Å². The Bertz CT molecular complexity index is 262. The van der Waals surface area contributed by atoms with Crippen LogP contribution < -0.4 is 10.6 Å². The maximum absolute atomic E-state index is 10.9. The molecule has 4 nitrogen and oxygen atoms in total. The van der Waals surface area contributed by atoms with Crippen molar-refractivity contribution in [2.45, 2.75) is 19.9 Å². The van der Waals surface area contributed by atoms with Crippen molar-refractivity contribution in [3.05, 3.63) is 0 Å². The summed E-state index contributed by atoms with van der Waals surface area (Å²) in [6, 6.07) is -0.151. The van der Waals surface area contributed by atoms with Gasteiger partial charge in [-0.3, -0.25) is 0 Å². The molecule has 0 bridgehead atoms. The molecule has 0 fully saturated rings. The molecule has 0 aromatic carbocycles. The summed E-state index contributed by atoms with van der Waals surface area (Å²) in [6.07, 6.45) is 1.21. The summed E-state index contributed by atoms with van der Waals surface area (Å²) in [5.74, 6) is 0.0958. The monoisotopic (exact) mass is 224 g/mol. The van der Waals surface area contributed by atoms with Crippen LogP contribution in [-0.2, 0) is 9.84 Å². The van der Waals surface area contributed by atoms with Crippen molar-refractivity contribution in [3.63, 3.8) is 0 Å². The number of thiocarbonyl (C=S) groups is 1. The van der Waals surface area contributed by atoms with Crippen LogP contribution in [0.1, 0.15) is 13.8 Å². The van der Waals surface area contributed by atoms with Gasteiger partial charge >= 0.3 is 0 Å². The van der Waals surface area contributed by atoms with Crippen molar-refractivity contribution in [1.29, 1.82) is 0 Å². The van der Waals surface area contributed by atoms with Gasteiger partial charge in [-0.25, -0.2) is 8.42 Å². The molecule has 13 heavy (non-hydrogen) atoms. The van der Waals surface area contributed by atoms with E-state index in [4.69, 9.17) is 12.2 Å². The van der Waals surface area contributed by atoms with Gasteiger partial charge in [-0.1, -0.05) is 0 Å². The summed E-state index contributed by atoms with van der Waals surface area (Å²) < 4.78 is 21.8. The van der Waals surface area contributed by atoms with E-state index in [1.54, 1.807) is 6.92 Å². The molecule has 0 saturated heterocycles. The van der Waals surface area contributed by atoms with Crippen molar-refractivity contribution in [2.75, 3.05) is 18.6 Å². The van der Waals surface area contributed by atoms with Crippen LogP contribution in [0.25, 0.3) is 0 Å². The second-order valence-electron chi connectivity index (χ2n) is 3.00. The first-order chi connectivity index (χ1) is 5.85. The molecule has 0 aliphatic carbocycles. The molecule has 78 valence electrons. The summed E-state index contributed by atoms with van der Waals surface area (Å²) in [6.45, 7) is 4.44. The van der Waals surface area contributed by atoms with Crippen molar-refractivity contribution in [2.24, 2.45) is 0 Å². The smallest absolute Gasteiger partial charge is 0.166 e. The number of hydrogen-bond donors (Lipinski definition) is 2. The Labute approximate surface area is 85.0 Å². The molecule has 0 heterocycles. The van der Waals surface area contributed by atoms with Gasteiger partial charge in [-0.05, 0) is 26.1 Å². The average Bonchev–Trinajstić information content (AvgIpc) is 1.81. The van der Waals surface area contributed by atoms with E-state index in [1.165, 1.54) is 6.26 Å². The van der Waals surface area contributed by atoms with Gasteiger partial charge in [0, 0.05) is 18.8 Å². The van der Waals surface area contributed by atoms with Crippen LogP contribution in [0.15, 0.2) is 0 Å². The molecule has 0 aliphatic rings. The van der Waals surface area contributed by atoms with Gasteiger partial charge in [0.05, 0.1) is 5.75 Å². The average molecular weight is 224 g/mol. The molecule has 0 saturated carbocycles. The number of hydrogen-bond acceptors (Lipinski definition) is 3. The Morgan fingerprint density at radius 3 is 2.46 bits per heavy atom. The van der Waals surface area contributed by atoms with Crippen molar-refractivity contribution in [3.8, 4) is 0 Å². The Morgan fingerprint density at radius 1 is 1.54 bits per heavy atom. The number of rotatable bonds is 4. The van der Waals surface area contributed by atoms with E-state index in [0.717, 1.165) is 6.54 Å². The molecular weight excluding hydrogens is 208 g/mol. The van der Waals surface area contributed by atoms with Gasteiger partial charge in [0.2, 0.25) is 0 Å². The largest absolute Gasteiger partial charge is 0.363 e. The van der Waals surface area contributed by atoms with E-state index in [-0.39, 0.29) is 11.8 Å². The Balaban J connectivity index is 3.88. The number of sulfone groups is 1. The van der Waals surface area contributed by atoms with Gasteiger partial charge < -0.3 is 10.6 Å². The van der Waals surface area contributed by atoms with Crippen LogP contribution >= 0.6 is 12.2 Å². The molecule has 1 unspecified atom stereocenters. The predicted octanol–water partition coefficient (Wildman–Crippen LogP) is -0.0965. The van der Waals surface area contributed by atoms with Crippen LogP contribution in [0.4, 0.5) is 0 Å². The van der Waals surface area contributed by atoms with Crippen LogP contribution in [0.2, 0.25) is 0 Å². The highest BCUT2D eigenvalue weighted by atomic mass is 32.2. The fourth-order valence-corrected chi connectivity index (χ4v) is 2.27. The lowest BCUT2D eigenvalue weighted by Crippen LogP contribution is -2.43. The summed E-state index contributed by atoms with van der Waals surface area (Å²) in [5, 5.41) is 6.26. The molecule has 0 amide bonds. The van der Waals surface area contributed by atoms with Crippen LogP contribution in [0.5, 0.6) is 0 Å². The summed E-state index contributed by atoms with van der Waals surface area (Å²) in [7, 11) is -2.93. The quantitative estimate of drug-likeness (QED) is 0.653. The highest BCUT2D eigenvalue weighted by Gasteiger charge is 2.10. The highest BCUT2D eigenvalue weighted by molar-refractivity contribution is 7.90. The minimum Gasteiger partial charge on any atom is -0.363 e. The lowest BCUT2D eigenvalue weighted by molar-refractivity contribution is 0.590. The van der Waals surface area contributed by atoms with Crippen molar-refractivity contribution < 1.29 is 8.42 Å². The SMILES string of the molecule is CCNC(=S)NC(C)CS(C)(=O)=O. The molecule has 0 aliphatic heterocycles. The zero-order valence-electron chi connectivity index (χ0n) is 8.12. The minimum atomic E-state index is -2.93. The fourth-order valence-electron chi connectivity index (χ4n) is 0.931. The first-order valence-electron chi connectivity index (χ1n) is 4.07. The standard InChI is InChI=1S/C7H16N2O2S2/c1-4-8-7(12)9-6(2)5-13(3,10)11/h6H,4-5H2,1-3H3,(H2,8,9,12). The first kappa shape index (κ1) is 12.6. The lowest BCUT2D eigenvalue weighted by Gasteiger charge is -2.14. The molecule has 0 aromatic heterocycles. The third-order valence-electron chi connectivity index (χ3n) is 1.27.